The number of hydrogen-bond acceptors (Lipinski definition) is 4. The van der Waals surface area contributed by atoms with Gasteiger partial charge in [0.25, 0.3) is 5.56 Å². The third-order valence-corrected chi connectivity index (χ3v) is 4.33. The van der Waals surface area contributed by atoms with Crippen LogP contribution in [0.15, 0.2) is 58.1 Å². The molecule has 1 amide bonds. The topological polar surface area (TPSA) is 96.3 Å². The molecule has 0 saturated carbocycles. The van der Waals surface area contributed by atoms with Crippen LogP contribution in [-0.4, -0.2) is 22.2 Å². The minimum Gasteiger partial charge on any atom is -0.497 e. The van der Waals surface area contributed by atoms with E-state index in [1.165, 1.54) is 11.7 Å². The van der Waals surface area contributed by atoms with Crippen molar-refractivity contribution in [3.8, 4) is 11.4 Å². The van der Waals surface area contributed by atoms with E-state index in [2.05, 4.69) is 0 Å². The second-order valence-corrected chi connectivity index (χ2v) is 5.84. The molecule has 1 aromatic heterocycles. The molecule has 0 aliphatic carbocycles. The fourth-order valence-electron chi connectivity index (χ4n) is 3.07. The molecule has 7 nitrogen and oxygen atoms in total. The number of methoxy groups -OCH3 is 1. The number of aromatic nitrogens is 2. The Balaban J connectivity index is 2.47. The number of nitrogens with zero attached hydrogens (tertiary/aromatic N) is 2. The average Bonchev–Trinajstić information content (AvgIpc) is 2.65. The maximum absolute atomic E-state index is 13.2. The van der Waals surface area contributed by atoms with Crippen molar-refractivity contribution in [3.05, 3.63) is 69.4 Å². The molecule has 7 heteroatoms. The van der Waals surface area contributed by atoms with E-state index < -0.39 is 23.2 Å². The van der Waals surface area contributed by atoms with Crippen LogP contribution in [0, 0.1) is 0 Å². The number of carbonyl (C=O) groups excluding carboxylic acids is 1. The molecular weight excluding hydrogens is 334 g/mol. The van der Waals surface area contributed by atoms with Crippen LogP contribution in [-0.2, 0) is 4.79 Å². The summed E-state index contributed by atoms with van der Waals surface area (Å²) < 4.78 is 7.51. The minimum atomic E-state index is -0.857. The molecule has 134 valence electrons. The molecule has 0 unspecified atom stereocenters. The quantitative estimate of drug-likeness (QED) is 0.753. The van der Waals surface area contributed by atoms with Gasteiger partial charge in [0.2, 0.25) is 5.91 Å². The normalized spacial score (nSPS) is 12.1. The molecule has 3 rings (SSSR count). The summed E-state index contributed by atoms with van der Waals surface area (Å²) >= 11 is 0. The largest absolute Gasteiger partial charge is 0.497 e. The SMILES string of the molecule is CC[C@@H](C(N)=O)n1c(=O)n(-c2cccc(OC)c2)c(=O)c2ccccc21. The highest BCUT2D eigenvalue weighted by Crippen LogP contribution is 2.18. The summed E-state index contributed by atoms with van der Waals surface area (Å²) in [6.07, 6.45) is 0.329. The second kappa shape index (κ2) is 6.87. The van der Waals surface area contributed by atoms with E-state index in [4.69, 9.17) is 10.5 Å². The van der Waals surface area contributed by atoms with Crippen molar-refractivity contribution >= 4 is 16.8 Å². The van der Waals surface area contributed by atoms with Gasteiger partial charge in [0.1, 0.15) is 11.8 Å². The van der Waals surface area contributed by atoms with Gasteiger partial charge < -0.3 is 10.5 Å². The maximum atomic E-state index is 13.2. The first kappa shape index (κ1) is 17.5. The summed E-state index contributed by atoms with van der Waals surface area (Å²) in [5.74, 6) is -0.119. The number of benzene rings is 2. The third-order valence-electron chi connectivity index (χ3n) is 4.33. The smallest absolute Gasteiger partial charge is 0.336 e. The van der Waals surface area contributed by atoms with E-state index in [1.54, 1.807) is 55.5 Å². The molecule has 3 aromatic rings. The molecule has 0 saturated heterocycles. The van der Waals surface area contributed by atoms with Gasteiger partial charge in [0.05, 0.1) is 23.7 Å². The summed E-state index contributed by atoms with van der Waals surface area (Å²) in [5, 5.41) is 0.328. The Morgan fingerprint density at radius 1 is 1.15 bits per heavy atom. The fourth-order valence-corrected chi connectivity index (χ4v) is 3.07. The van der Waals surface area contributed by atoms with Gasteiger partial charge in [-0.2, -0.15) is 0 Å². The van der Waals surface area contributed by atoms with Crippen molar-refractivity contribution in [1.29, 1.82) is 0 Å². The van der Waals surface area contributed by atoms with Gasteiger partial charge in [-0.25, -0.2) is 9.36 Å². The molecule has 0 aliphatic heterocycles. The van der Waals surface area contributed by atoms with Gasteiger partial charge >= 0.3 is 5.69 Å². The van der Waals surface area contributed by atoms with Crippen LogP contribution in [0.1, 0.15) is 19.4 Å². The first-order chi connectivity index (χ1) is 12.5. The average molecular weight is 353 g/mol. The third kappa shape index (κ3) is 2.77. The molecule has 26 heavy (non-hydrogen) atoms. The number of primary amides is 1. The van der Waals surface area contributed by atoms with Crippen molar-refractivity contribution in [3.63, 3.8) is 0 Å². The Morgan fingerprint density at radius 2 is 1.88 bits per heavy atom. The monoisotopic (exact) mass is 353 g/mol. The zero-order valence-corrected chi connectivity index (χ0v) is 14.5. The standard InChI is InChI=1S/C19H19N3O4/c1-3-15(17(20)23)22-16-10-5-4-9-14(16)18(24)21(19(22)25)12-7-6-8-13(11-12)26-2/h4-11,15H,3H2,1-2H3,(H2,20,23)/t15-/m0/s1. The van der Waals surface area contributed by atoms with Crippen molar-refractivity contribution in [1.82, 2.24) is 9.13 Å². The Kier molecular flexibility index (Phi) is 4.62. The highest BCUT2D eigenvalue weighted by molar-refractivity contribution is 5.83. The number of fused-ring (bicyclic) bond motifs is 1. The Morgan fingerprint density at radius 3 is 2.54 bits per heavy atom. The van der Waals surface area contributed by atoms with E-state index in [0.717, 1.165) is 4.57 Å². The molecule has 0 spiro atoms. The van der Waals surface area contributed by atoms with Crippen LogP contribution < -0.4 is 21.7 Å². The van der Waals surface area contributed by atoms with E-state index in [0.29, 0.717) is 28.8 Å². The van der Waals surface area contributed by atoms with Crippen LogP contribution in [0.25, 0.3) is 16.6 Å². The number of amides is 1. The second-order valence-electron chi connectivity index (χ2n) is 5.84. The van der Waals surface area contributed by atoms with Crippen LogP contribution in [0.3, 0.4) is 0 Å². The van der Waals surface area contributed by atoms with E-state index in [-0.39, 0.29) is 0 Å². The van der Waals surface area contributed by atoms with Gasteiger partial charge in [0.15, 0.2) is 0 Å². The number of rotatable bonds is 5. The lowest BCUT2D eigenvalue weighted by molar-refractivity contribution is -0.121. The van der Waals surface area contributed by atoms with Gasteiger partial charge in [-0.3, -0.25) is 14.2 Å². The molecular formula is C19H19N3O4. The summed E-state index contributed by atoms with van der Waals surface area (Å²) in [5.41, 5.74) is 5.17. The molecule has 0 fully saturated rings. The highest BCUT2D eigenvalue weighted by atomic mass is 16.5. The number of nitrogens with two attached hydrogens (primary N) is 1. The molecule has 0 bridgehead atoms. The summed E-state index contributed by atoms with van der Waals surface area (Å²) in [6.45, 7) is 1.76. The van der Waals surface area contributed by atoms with Crippen molar-refractivity contribution < 1.29 is 9.53 Å². The van der Waals surface area contributed by atoms with Crippen LogP contribution in [0.2, 0.25) is 0 Å². The van der Waals surface area contributed by atoms with Crippen LogP contribution >= 0.6 is 0 Å². The van der Waals surface area contributed by atoms with Crippen molar-refractivity contribution in [2.45, 2.75) is 19.4 Å². The zero-order chi connectivity index (χ0) is 18.8. The molecule has 1 atom stereocenters. The number of carbonyl (C=O) groups is 1. The lowest BCUT2D eigenvalue weighted by Gasteiger charge is -2.19. The van der Waals surface area contributed by atoms with Gasteiger partial charge in [0, 0.05) is 6.07 Å². The molecule has 0 aliphatic rings. The van der Waals surface area contributed by atoms with E-state index in [1.807, 2.05) is 0 Å². The van der Waals surface area contributed by atoms with Crippen LogP contribution in [0.4, 0.5) is 0 Å². The summed E-state index contributed by atoms with van der Waals surface area (Å²) in [6, 6.07) is 12.4. The first-order valence-electron chi connectivity index (χ1n) is 8.19. The highest BCUT2D eigenvalue weighted by Gasteiger charge is 2.23. The molecule has 0 radical (unpaired) electrons. The molecule has 2 aromatic carbocycles. The molecule has 1 heterocycles. The Hall–Kier alpha value is -3.35. The van der Waals surface area contributed by atoms with Crippen molar-refractivity contribution in [2.75, 3.05) is 7.11 Å². The Bertz CT molecular complexity index is 1100. The van der Waals surface area contributed by atoms with Crippen molar-refractivity contribution in [2.24, 2.45) is 5.73 Å². The molecule has 2 N–H and O–H groups in total. The number of ether oxygens (including phenoxy) is 1. The van der Waals surface area contributed by atoms with E-state index >= 15 is 0 Å². The lowest BCUT2D eigenvalue weighted by Crippen LogP contribution is -2.43. The fraction of sp³-hybridized carbons (Fsp3) is 0.211. The van der Waals surface area contributed by atoms with Crippen LogP contribution in [0.5, 0.6) is 5.75 Å². The Labute approximate surface area is 149 Å². The maximum Gasteiger partial charge on any atom is 0.336 e. The van der Waals surface area contributed by atoms with E-state index in [9.17, 15) is 14.4 Å². The first-order valence-corrected chi connectivity index (χ1v) is 8.19. The lowest BCUT2D eigenvalue weighted by atomic mass is 10.1. The number of para-hydroxylation sites is 1. The van der Waals surface area contributed by atoms with Gasteiger partial charge in [-0.1, -0.05) is 25.1 Å². The predicted molar refractivity (Wildman–Crippen MR) is 98.9 cm³/mol. The minimum absolute atomic E-state index is 0.328. The summed E-state index contributed by atoms with van der Waals surface area (Å²) in [4.78, 5) is 38.1. The van der Waals surface area contributed by atoms with Gasteiger partial charge in [-0.05, 0) is 30.7 Å². The predicted octanol–water partition coefficient (Wildman–Crippen LogP) is 1.60. The van der Waals surface area contributed by atoms with Gasteiger partial charge in [-0.15, -0.1) is 0 Å². The zero-order valence-electron chi connectivity index (χ0n) is 14.5. The number of hydrogen-bond donors (Lipinski definition) is 1. The summed E-state index contributed by atoms with van der Waals surface area (Å²) in [7, 11) is 1.50.